The van der Waals surface area contributed by atoms with E-state index in [1.807, 2.05) is 0 Å². The Kier molecular flexibility index (Phi) is 6.54. The second kappa shape index (κ2) is 9.51. The van der Waals surface area contributed by atoms with Crippen molar-refractivity contribution in [1.82, 2.24) is 0 Å². The van der Waals surface area contributed by atoms with Gasteiger partial charge in [0.05, 0.1) is 0 Å². The minimum atomic E-state index is 0.209. The van der Waals surface area contributed by atoms with Crippen LogP contribution in [0, 0.1) is 29.6 Å². The average Bonchev–Trinajstić information content (AvgIpc) is 3.50. The van der Waals surface area contributed by atoms with Gasteiger partial charge in [-0.1, -0.05) is 113 Å². The van der Waals surface area contributed by atoms with E-state index in [0.717, 1.165) is 29.6 Å². The number of hydrogen-bond acceptors (Lipinski definition) is 0. The molecule has 3 aliphatic carbocycles. The molecule has 3 saturated carbocycles. The number of fused-ring (bicyclic) bond motifs is 1. The molecule has 0 heterocycles. The lowest BCUT2D eigenvalue weighted by Gasteiger charge is -2.49. The molecule has 0 aromatic heterocycles. The third kappa shape index (κ3) is 3.79. The monoisotopic (exact) mass is 414 g/mol. The number of benzene rings is 2. The Morgan fingerprint density at radius 3 is 1.84 bits per heavy atom. The van der Waals surface area contributed by atoms with Crippen molar-refractivity contribution in [2.45, 2.75) is 89.4 Å². The second-order valence-electron chi connectivity index (χ2n) is 10.9. The summed E-state index contributed by atoms with van der Waals surface area (Å²) >= 11 is 0. The van der Waals surface area contributed by atoms with Crippen LogP contribution in [-0.2, 0) is 5.41 Å². The largest absolute Gasteiger partial charge is 0.0654 e. The first-order valence-corrected chi connectivity index (χ1v) is 13.5. The fourth-order valence-corrected chi connectivity index (χ4v) is 8.45. The molecule has 0 saturated heterocycles. The van der Waals surface area contributed by atoms with Crippen LogP contribution >= 0.6 is 0 Å². The van der Waals surface area contributed by atoms with Gasteiger partial charge in [0.25, 0.3) is 0 Å². The van der Waals surface area contributed by atoms with Gasteiger partial charge in [0.15, 0.2) is 0 Å². The normalized spacial score (nSPS) is 29.2. The van der Waals surface area contributed by atoms with E-state index in [0.29, 0.717) is 0 Å². The Balaban J connectivity index is 1.66. The van der Waals surface area contributed by atoms with E-state index in [1.54, 1.807) is 11.1 Å². The molecule has 0 bridgehead atoms. The van der Waals surface area contributed by atoms with Crippen LogP contribution in [0.4, 0.5) is 0 Å². The fourth-order valence-electron chi connectivity index (χ4n) is 8.45. The first-order chi connectivity index (χ1) is 15.4. The highest BCUT2D eigenvalue weighted by atomic mass is 14.6. The summed E-state index contributed by atoms with van der Waals surface area (Å²) in [5.41, 5.74) is 3.46. The van der Waals surface area contributed by atoms with Gasteiger partial charge in [-0.05, 0) is 72.8 Å². The summed E-state index contributed by atoms with van der Waals surface area (Å²) in [6.07, 6.45) is 17.3. The highest BCUT2D eigenvalue weighted by Crippen LogP contribution is 2.62. The van der Waals surface area contributed by atoms with Crippen LogP contribution in [0.2, 0.25) is 0 Å². The Morgan fingerprint density at radius 2 is 1.26 bits per heavy atom. The van der Waals surface area contributed by atoms with Gasteiger partial charge in [-0.15, -0.1) is 0 Å². The summed E-state index contributed by atoms with van der Waals surface area (Å²) in [7, 11) is 0. The molecule has 166 valence electrons. The van der Waals surface area contributed by atoms with E-state index >= 15 is 0 Å². The lowest BCUT2D eigenvalue weighted by Crippen LogP contribution is -2.45. The zero-order valence-corrected chi connectivity index (χ0v) is 19.6. The van der Waals surface area contributed by atoms with Crippen molar-refractivity contribution >= 4 is 0 Å². The van der Waals surface area contributed by atoms with E-state index in [1.165, 1.54) is 77.0 Å². The zero-order chi connectivity index (χ0) is 21.1. The Hall–Kier alpha value is -1.56. The van der Waals surface area contributed by atoms with Gasteiger partial charge in [0.2, 0.25) is 0 Å². The molecule has 31 heavy (non-hydrogen) atoms. The smallest absolute Gasteiger partial charge is 0.0262 e. The average molecular weight is 415 g/mol. The van der Waals surface area contributed by atoms with Gasteiger partial charge >= 0.3 is 0 Å². The third-order valence-corrected chi connectivity index (χ3v) is 9.57. The van der Waals surface area contributed by atoms with Crippen molar-refractivity contribution in [3.63, 3.8) is 0 Å². The summed E-state index contributed by atoms with van der Waals surface area (Å²) in [6, 6.07) is 23.6. The lowest BCUT2D eigenvalue weighted by molar-refractivity contribution is 0.126. The molecule has 2 aromatic rings. The van der Waals surface area contributed by atoms with Gasteiger partial charge in [-0.3, -0.25) is 0 Å². The van der Waals surface area contributed by atoms with Crippen molar-refractivity contribution in [2.75, 3.05) is 0 Å². The van der Waals surface area contributed by atoms with Gasteiger partial charge < -0.3 is 0 Å². The molecule has 0 heteroatoms. The summed E-state index contributed by atoms with van der Waals surface area (Å²) in [5, 5.41) is 0. The van der Waals surface area contributed by atoms with Crippen LogP contribution in [0.25, 0.3) is 0 Å². The van der Waals surface area contributed by atoms with E-state index in [4.69, 9.17) is 0 Å². The summed E-state index contributed by atoms with van der Waals surface area (Å²) in [5.74, 6) is 4.49. The second-order valence-corrected chi connectivity index (χ2v) is 10.9. The van der Waals surface area contributed by atoms with Gasteiger partial charge in [-0.2, -0.15) is 0 Å². The molecule has 0 amide bonds. The summed E-state index contributed by atoms with van der Waals surface area (Å²) < 4.78 is 0. The van der Waals surface area contributed by atoms with E-state index < -0.39 is 0 Å². The molecule has 3 fully saturated rings. The standard InChI is InChI=1S/C31H42/c1-2-3-14-24-23-30(29-22-13-12-21-28(24)29)31(27-19-10-11-20-27,25-15-6-4-7-16-25)26-17-8-5-9-18-26/h4-9,15-18,24,27-30H,2-3,10-14,19-23H2,1H3. The molecule has 0 spiro atoms. The summed E-state index contributed by atoms with van der Waals surface area (Å²) in [4.78, 5) is 0. The van der Waals surface area contributed by atoms with Crippen LogP contribution in [-0.4, -0.2) is 0 Å². The fraction of sp³-hybridized carbons (Fsp3) is 0.613. The molecule has 2 aromatic carbocycles. The van der Waals surface area contributed by atoms with E-state index in [2.05, 4.69) is 67.6 Å². The first-order valence-electron chi connectivity index (χ1n) is 13.5. The number of unbranched alkanes of at least 4 members (excludes halogenated alkanes) is 1. The van der Waals surface area contributed by atoms with Crippen molar-refractivity contribution in [3.05, 3.63) is 71.8 Å². The molecule has 3 aliphatic rings. The van der Waals surface area contributed by atoms with Crippen molar-refractivity contribution in [1.29, 1.82) is 0 Å². The number of rotatable bonds is 7. The molecule has 0 N–H and O–H groups in total. The van der Waals surface area contributed by atoms with Crippen LogP contribution in [0.3, 0.4) is 0 Å². The zero-order valence-electron chi connectivity index (χ0n) is 19.6. The topological polar surface area (TPSA) is 0 Å². The van der Waals surface area contributed by atoms with Crippen molar-refractivity contribution in [3.8, 4) is 0 Å². The van der Waals surface area contributed by atoms with Crippen LogP contribution in [0.5, 0.6) is 0 Å². The minimum absolute atomic E-state index is 0.209. The Labute approximate surface area is 190 Å². The van der Waals surface area contributed by atoms with Crippen molar-refractivity contribution < 1.29 is 0 Å². The van der Waals surface area contributed by atoms with Crippen molar-refractivity contribution in [2.24, 2.45) is 29.6 Å². The highest BCUT2D eigenvalue weighted by Gasteiger charge is 2.56. The highest BCUT2D eigenvalue weighted by molar-refractivity contribution is 5.43. The number of hydrogen-bond donors (Lipinski definition) is 0. The molecule has 0 aliphatic heterocycles. The molecule has 0 nitrogen and oxygen atoms in total. The van der Waals surface area contributed by atoms with Crippen LogP contribution in [0.1, 0.15) is 95.1 Å². The SMILES string of the molecule is CCCCC1CC(C(c2ccccc2)(c2ccccc2)C2CCCC2)C2CCCCC12. The summed E-state index contributed by atoms with van der Waals surface area (Å²) in [6.45, 7) is 2.38. The molecule has 4 unspecified atom stereocenters. The molecule has 5 rings (SSSR count). The van der Waals surface area contributed by atoms with Gasteiger partial charge in [0, 0.05) is 5.41 Å². The third-order valence-electron chi connectivity index (χ3n) is 9.57. The minimum Gasteiger partial charge on any atom is -0.0654 e. The van der Waals surface area contributed by atoms with E-state index in [9.17, 15) is 0 Å². The van der Waals surface area contributed by atoms with Gasteiger partial charge in [0.1, 0.15) is 0 Å². The maximum atomic E-state index is 2.49. The molecular formula is C31H42. The van der Waals surface area contributed by atoms with E-state index in [-0.39, 0.29) is 5.41 Å². The lowest BCUT2D eigenvalue weighted by atomic mass is 9.54. The first kappa shape index (κ1) is 21.3. The molecule has 4 atom stereocenters. The quantitative estimate of drug-likeness (QED) is 0.424. The molecular weight excluding hydrogens is 372 g/mol. The maximum absolute atomic E-state index is 2.49. The maximum Gasteiger partial charge on any atom is 0.0262 e. The molecule has 0 radical (unpaired) electrons. The predicted molar refractivity (Wildman–Crippen MR) is 132 cm³/mol. The predicted octanol–water partition coefficient (Wildman–Crippen LogP) is 8.80. The van der Waals surface area contributed by atoms with Crippen LogP contribution in [0.15, 0.2) is 60.7 Å². The van der Waals surface area contributed by atoms with Crippen LogP contribution < -0.4 is 0 Å². The Bertz CT molecular complexity index is 761. The van der Waals surface area contributed by atoms with Gasteiger partial charge in [-0.25, -0.2) is 0 Å². The Morgan fingerprint density at radius 1 is 0.710 bits per heavy atom.